The summed E-state index contributed by atoms with van der Waals surface area (Å²) in [6, 6.07) is 6.81. The molecule has 2 N–H and O–H groups in total. The smallest absolute Gasteiger partial charge is 0.240 e. The van der Waals surface area contributed by atoms with Crippen LogP contribution in [0.2, 0.25) is 0 Å². The third-order valence-corrected chi connectivity index (χ3v) is 6.37. The van der Waals surface area contributed by atoms with Crippen molar-refractivity contribution in [1.29, 1.82) is 0 Å². The minimum absolute atomic E-state index is 0.00756. The van der Waals surface area contributed by atoms with Gasteiger partial charge in [-0.05, 0) is 63.0 Å². The fourth-order valence-corrected chi connectivity index (χ4v) is 4.81. The first-order valence-corrected chi connectivity index (χ1v) is 10.5. The lowest BCUT2D eigenvalue weighted by Gasteiger charge is -2.35. The summed E-state index contributed by atoms with van der Waals surface area (Å²) in [6.45, 7) is 7.84. The van der Waals surface area contributed by atoms with Gasteiger partial charge in [-0.15, -0.1) is 0 Å². The predicted octanol–water partition coefficient (Wildman–Crippen LogP) is 2.58. The average Bonchev–Trinajstić information content (AvgIpc) is 2.57. The van der Waals surface area contributed by atoms with Gasteiger partial charge in [-0.1, -0.05) is 13.8 Å². The van der Waals surface area contributed by atoms with E-state index in [1.165, 1.54) is 19.1 Å². The van der Waals surface area contributed by atoms with Crippen molar-refractivity contribution < 1.29 is 13.2 Å². The summed E-state index contributed by atoms with van der Waals surface area (Å²) in [4.78, 5) is 13.7. The molecule has 7 heteroatoms. The second kappa shape index (κ2) is 8.78. The van der Waals surface area contributed by atoms with Crippen LogP contribution in [0.3, 0.4) is 0 Å². The lowest BCUT2D eigenvalue weighted by atomic mass is 9.91. The van der Waals surface area contributed by atoms with Crippen LogP contribution in [0.1, 0.15) is 46.5 Å². The molecule has 6 nitrogen and oxygen atoms in total. The molecule has 0 bridgehead atoms. The van der Waals surface area contributed by atoms with Gasteiger partial charge in [0.1, 0.15) is 0 Å². The summed E-state index contributed by atoms with van der Waals surface area (Å²) in [5.41, 5.74) is 0.589. The van der Waals surface area contributed by atoms with Gasteiger partial charge in [0.15, 0.2) is 0 Å². The fourth-order valence-electron chi connectivity index (χ4n) is 3.51. The number of amides is 1. The topological polar surface area (TPSA) is 78.5 Å². The van der Waals surface area contributed by atoms with Gasteiger partial charge in [0.05, 0.1) is 4.90 Å². The summed E-state index contributed by atoms with van der Waals surface area (Å²) >= 11 is 0. The molecule has 140 valence electrons. The van der Waals surface area contributed by atoms with E-state index < -0.39 is 10.0 Å². The molecule has 0 spiro atoms. The van der Waals surface area contributed by atoms with Crippen molar-refractivity contribution in [3.63, 3.8) is 0 Å². The molecule has 1 aliphatic carbocycles. The standard InChI is InChI=1S/C18H29N3O3S/c1-4-21(5-2)17-10-6-16(7-11-17)20-25(23,24)18-12-8-15(9-13-18)19-14(3)22/h8-9,12-13,16-17,20H,4-7,10-11H2,1-3H3,(H,19,22). The fraction of sp³-hybridized carbons (Fsp3) is 0.611. The molecule has 1 amide bonds. The van der Waals surface area contributed by atoms with Gasteiger partial charge in [-0.2, -0.15) is 0 Å². The molecule has 0 aromatic heterocycles. The van der Waals surface area contributed by atoms with Crippen molar-refractivity contribution in [2.24, 2.45) is 0 Å². The molecule has 1 saturated carbocycles. The molecule has 1 aromatic carbocycles. The van der Waals surface area contributed by atoms with Crippen LogP contribution in [0.25, 0.3) is 0 Å². The van der Waals surface area contributed by atoms with E-state index in [1.54, 1.807) is 12.1 Å². The zero-order valence-corrected chi connectivity index (χ0v) is 16.1. The molecule has 0 aliphatic heterocycles. The highest BCUT2D eigenvalue weighted by atomic mass is 32.2. The van der Waals surface area contributed by atoms with Crippen LogP contribution in [0.4, 0.5) is 5.69 Å². The molecule has 1 aliphatic rings. The van der Waals surface area contributed by atoms with E-state index in [4.69, 9.17) is 0 Å². The van der Waals surface area contributed by atoms with Gasteiger partial charge in [-0.3, -0.25) is 4.79 Å². The van der Waals surface area contributed by atoms with Crippen molar-refractivity contribution in [3.8, 4) is 0 Å². The van der Waals surface area contributed by atoms with Crippen molar-refractivity contribution in [2.45, 2.75) is 63.4 Å². The van der Waals surface area contributed by atoms with E-state index in [-0.39, 0.29) is 16.8 Å². The van der Waals surface area contributed by atoms with Crippen LogP contribution in [0.5, 0.6) is 0 Å². The van der Waals surface area contributed by atoms with Gasteiger partial charge < -0.3 is 10.2 Å². The molecule has 0 radical (unpaired) electrons. The van der Waals surface area contributed by atoms with Crippen LogP contribution in [0, 0.1) is 0 Å². The zero-order valence-electron chi connectivity index (χ0n) is 15.3. The van der Waals surface area contributed by atoms with Gasteiger partial charge in [0.2, 0.25) is 15.9 Å². The van der Waals surface area contributed by atoms with Crippen molar-refractivity contribution in [1.82, 2.24) is 9.62 Å². The number of anilines is 1. The van der Waals surface area contributed by atoms with E-state index in [0.717, 1.165) is 38.8 Å². The number of hydrogen-bond acceptors (Lipinski definition) is 4. The molecule has 25 heavy (non-hydrogen) atoms. The summed E-state index contributed by atoms with van der Waals surface area (Å²) in [5.74, 6) is -0.182. The van der Waals surface area contributed by atoms with Crippen LogP contribution < -0.4 is 10.0 Å². The Kier molecular flexibility index (Phi) is 6.98. The second-order valence-corrected chi connectivity index (χ2v) is 8.27. The Morgan fingerprint density at radius 2 is 1.64 bits per heavy atom. The van der Waals surface area contributed by atoms with E-state index >= 15 is 0 Å². The van der Waals surface area contributed by atoms with Crippen LogP contribution in [0.15, 0.2) is 29.2 Å². The highest BCUT2D eigenvalue weighted by Crippen LogP contribution is 2.24. The summed E-state index contributed by atoms with van der Waals surface area (Å²) < 4.78 is 27.9. The van der Waals surface area contributed by atoms with Crippen molar-refractivity contribution in [2.75, 3.05) is 18.4 Å². The zero-order chi connectivity index (χ0) is 18.4. The number of hydrogen-bond donors (Lipinski definition) is 2. The number of nitrogens with zero attached hydrogens (tertiary/aromatic N) is 1. The summed E-state index contributed by atoms with van der Waals surface area (Å²) in [6.07, 6.45) is 3.78. The third-order valence-electron chi connectivity index (χ3n) is 4.83. The van der Waals surface area contributed by atoms with Crippen LogP contribution in [-0.2, 0) is 14.8 Å². The Morgan fingerprint density at radius 3 is 2.12 bits per heavy atom. The largest absolute Gasteiger partial charge is 0.326 e. The SMILES string of the molecule is CCN(CC)C1CCC(NS(=O)(=O)c2ccc(NC(C)=O)cc2)CC1. The Hall–Kier alpha value is -1.44. The molecular weight excluding hydrogens is 338 g/mol. The third kappa shape index (κ3) is 5.52. The number of nitrogens with one attached hydrogen (secondary N) is 2. The quantitative estimate of drug-likeness (QED) is 0.776. The normalized spacial score (nSPS) is 21.3. The maximum absolute atomic E-state index is 12.6. The molecule has 0 heterocycles. The first kappa shape index (κ1) is 19.9. The number of rotatable bonds is 7. The number of carbonyl (C=O) groups excluding carboxylic acids is 1. The average molecular weight is 368 g/mol. The van der Waals surface area contributed by atoms with Crippen LogP contribution >= 0.6 is 0 Å². The van der Waals surface area contributed by atoms with Gasteiger partial charge in [-0.25, -0.2) is 13.1 Å². The summed E-state index contributed by atoms with van der Waals surface area (Å²) in [5, 5.41) is 2.63. The Balaban J connectivity index is 1.94. The number of carbonyl (C=O) groups is 1. The molecule has 0 atom stereocenters. The van der Waals surface area contributed by atoms with Gasteiger partial charge in [0, 0.05) is 24.7 Å². The van der Waals surface area contributed by atoms with E-state index in [0.29, 0.717) is 11.7 Å². The number of benzene rings is 1. The summed E-state index contributed by atoms with van der Waals surface area (Å²) in [7, 11) is -3.53. The Labute approximate surface area is 151 Å². The van der Waals surface area contributed by atoms with E-state index in [1.807, 2.05) is 0 Å². The lowest BCUT2D eigenvalue weighted by molar-refractivity contribution is -0.114. The molecule has 2 rings (SSSR count). The number of sulfonamides is 1. The van der Waals surface area contributed by atoms with Crippen molar-refractivity contribution >= 4 is 21.6 Å². The monoisotopic (exact) mass is 367 g/mol. The van der Waals surface area contributed by atoms with Gasteiger partial charge in [0.25, 0.3) is 0 Å². The first-order chi connectivity index (χ1) is 11.9. The molecule has 1 fully saturated rings. The Morgan fingerprint density at radius 1 is 1.08 bits per heavy atom. The first-order valence-electron chi connectivity index (χ1n) is 8.99. The highest BCUT2D eigenvalue weighted by molar-refractivity contribution is 7.89. The lowest BCUT2D eigenvalue weighted by Crippen LogP contribution is -2.43. The maximum atomic E-state index is 12.6. The minimum Gasteiger partial charge on any atom is -0.326 e. The van der Waals surface area contributed by atoms with E-state index in [2.05, 4.69) is 28.8 Å². The minimum atomic E-state index is -3.53. The molecule has 0 saturated heterocycles. The Bertz CT molecular complexity index is 661. The van der Waals surface area contributed by atoms with Crippen molar-refractivity contribution in [3.05, 3.63) is 24.3 Å². The van der Waals surface area contributed by atoms with Crippen LogP contribution in [-0.4, -0.2) is 44.4 Å². The molecule has 0 unspecified atom stereocenters. The predicted molar refractivity (Wildman–Crippen MR) is 100 cm³/mol. The highest BCUT2D eigenvalue weighted by Gasteiger charge is 2.27. The molecular formula is C18H29N3O3S. The maximum Gasteiger partial charge on any atom is 0.240 e. The molecule has 1 aromatic rings. The second-order valence-electron chi connectivity index (χ2n) is 6.55. The van der Waals surface area contributed by atoms with Gasteiger partial charge >= 0.3 is 0 Å². The van der Waals surface area contributed by atoms with E-state index in [9.17, 15) is 13.2 Å².